The Hall–Kier alpha value is -2.90. The van der Waals surface area contributed by atoms with E-state index in [0.717, 1.165) is 6.07 Å². The van der Waals surface area contributed by atoms with Crippen LogP contribution in [0.4, 0.5) is 17.6 Å². The summed E-state index contributed by atoms with van der Waals surface area (Å²) in [5.74, 6) is -7.01. The third kappa shape index (κ3) is 3.89. The van der Waals surface area contributed by atoms with E-state index in [-0.39, 0.29) is 12.0 Å². The van der Waals surface area contributed by atoms with Gasteiger partial charge in [-0.3, -0.25) is 9.59 Å². The number of amides is 2. The van der Waals surface area contributed by atoms with Crippen LogP contribution in [0, 0.1) is 23.3 Å². The third-order valence-electron chi connectivity index (χ3n) is 3.26. The summed E-state index contributed by atoms with van der Waals surface area (Å²) in [5.41, 5.74) is 4.16. The van der Waals surface area contributed by atoms with Crippen molar-refractivity contribution in [1.82, 2.24) is 5.32 Å². The van der Waals surface area contributed by atoms with Gasteiger partial charge in [-0.25, -0.2) is 17.6 Å². The van der Waals surface area contributed by atoms with Crippen molar-refractivity contribution in [3.05, 3.63) is 70.8 Å². The molecule has 2 aromatic rings. The molecule has 126 valence electrons. The molecular weight excluding hydrogens is 328 g/mol. The van der Waals surface area contributed by atoms with Crippen molar-refractivity contribution >= 4 is 11.8 Å². The van der Waals surface area contributed by atoms with Gasteiger partial charge in [0.2, 0.25) is 5.91 Å². The summed E-state index contributed by atoms with van der Waals surface area (Å²) in [7, 11) is 0. The molecule has 1 atom stereocenters. The summed E-state index contributed by atoms with van der Waals surface area (Å²) < 4.78 is 53.7. The minimum Gasteiger partial charge on any atom is -0.368 e. The lowest BCUT2D eigenvalue weighted by atomic mass is 10.0. The maximum atomic E-state index is 13.6. The van der Waals surface area contributed by atoms with Gasteiger partial charge in [0.25, 0.3) is 5.91 Å². The van der Waals surface area contributed by atoms with Crippen molar-refractivity contribution in [2.45, 2.75) is 12.5 Å². The summed E-state index contributed by atoms with van der Waals surface area (Å²) in [6.07, 6.45) is -0.307. The van der Waals surface area contributed by atoms with Gasteiger partial charge in [-0.2, -0.15) is 0 Å². The lowest BCUT2D eigenvalue weighted by Gasteiger charge is -2.16. The maximum Gasteiger partial charge on any atom is 0.257 e. The van der Waals surface area contributed by atoms with Crippen molar-refractivity contribution < 1.29 is 27.2 Å². The molecule has 4 nitrogen and oxygen atoms in total. The predicted molar refractivity (Wildman–Crippen MR) is 76.9 cm³/mol. The van der Waals surface area contributed by atoms with E-state index in [1.807, 2.05) is 5.32 Å². The lowest BCUT2D eigenvalue weighted by Crippen LogP contribution is -2.46. The van der Waals surface area contributed by atoms with E-state index in [0.29, 0.717) is 12.1 Å². The highest BCUT2D eigenvalue weighted by molar-refractivity contribution is 5.97. The second-order valence-electron chi connectivity index (χ2n) is 4.97. The highest BCUT2D eigenvalue weighted by Gasteiger charge is 2.25. The van der Waals surface area contributed by atoms with Gasteiger partial charge in [0, 0.05) is 18.6 Å². The molecule has 2 rings (SSSR count). The standard InChI is InChI=1S/C16H12F4N2O2/c17-9-6-11(19)14(12(20)7-9)16(24)22-13(15(21)23)5-8-3-1-2-4-10(8)18/h1-4,6-7,13H,5H2,(H2,21,23)(H,22,24)/t13-/m1/s1. The van der Waals surface area contributed by atoms with Gasteiger partial charge in [0.15, 0.2) is 0 Å². The number of hydrogen-bond acceptors (Lipinski definition) is 2. The van der Waals surface area contributed by atoms with Crippen LogP contribution < -0.4 is 11.1 Å². The van der Waals surface area contributed by atoms with Gasteiger partial charge in [0.1, 0.15) is 34.9 Å². The quantitative estimate of drug-likeness (QED) is 0.818. The molecule has 8 heteroatoms. The fourth-order valence-corrected chi connectivity index (χ4v) is 2.10. The van der Waals surface area contributed by atoms with E-state index >= 15 is 0 Å². The Labute approximate surface area is 134 Å². The molecule has 0 spiro atoms. The molecule has 0 aliphatic heterocycles. The van der Waals surface area contributed by atoms with E-state index in [9.17, 15) is 27.2 Å². The van der Waals surface area contributed by atoms with Crippen molar-refractivity contribution in [3.63, 3.8) is 0 Å². The number of primary amides is 1. The average molecular weight is 340 g/mol. The fraction of sp³-hybridized carbons (Fsp3) is 0.125. The van der Waals surface area contributed by atoms with Gasteiger partial charge in [-0.15, -0.1) is 0 Å². The fourth-order valence-electron chi connectivity index (χ4n) is 2.10. The molecule has 0 aromatic heterocycles. The van der Waals surface area contributed by atoms with Gasteiger partial charge < -0.3 is 11.1 Å². The van der Waals surface area contributed by atoms with E-state index in [4.69, 9.17) is 5.73 Å². The van der Waals surface area contributed by atoms with Gasteiger partial charge in [-0.1, -0.05) is 18.2 Å². The van der Waals surface area contributed by atoms with E-state index in [1.165, 1.54) is 18.2 Å². The SMILES string of the molecule is NC(=O)[C@@H](Cc1ccccc1F)NC(=O)c1c(F)cc(F)cc1F. The number of nitrogens with two attached hydrogens (primary N) is 1. The zero-order valence-corrected chi connectivity index (χ0v) is 12.2. The largest absolute Gasteiger partial charge is 0.368 e. The number of nitrogens with one attached hydrogen (secondary N) is 1. The highest BCUT2D eigenvalue weighted by Crippen LogP contribution is 2.15. The van der Waals surface area contributed by atoms with Crippen molar-refractivity contribution in [3.8, 4) is 0 Å². The molecule has 0 unspecified atom stereocenters. The third-order valence-corrected chi connectivity index (χ3v) is 3.26. The van der Waals surface area contributed by atoms with Crippen molar-refractivity contribution in [2.24, 2.45) is 5.73 Å². The molecule has 2 amide bonds. The minimum absolute atomic E-state index is 0.0849. The Kier molecular flexibility index (Phi) is 5.18. The smallest absolute Gasteiger partial charge is 0.257 e. The molecule has 0 bridgehead atoms. The zero-order valence-electron chi connectivity index (χ0n) is 12.2. The van der Waals surface area contributed by atoms with Crippen LogP contribution in [-0.2, 0) is 11.2 Å². The first kappa shape index (κ1) is 17.5. The average Bonchev–Trinajstić information content (AvgIpc) is 2.47. The highest BCUT2D eigenvalue weighted by atomic mass is 19.1. The molecule has 0 heterocycles. The van der Waals surface area contributed by atoms with Crippen molar-refractivity contribution in [2.75, 3.05) is 0 Å². The summed E-state index contributed by atoms with van der Waals surface area (Å²) in [6.45, 7) is 0. The number of halogens is 4. The first-order chi connectivity index (χ1) is 11.3. The number of carbonyl (C=O) groups is 2. The van der Waals surface area contributed by atoms with Gasteiger partial charge in [0.05, 0.1) is 0 Å². The van der Waals surface area contributed by atoms with E-state index in [2.05, 4.69) is 0 Å². The van der Waals surface area contributed by atoms with Crippen LogP contribution in [-0.4, -0.2) is 17.9 Å². The number of benzene rings is 2. The normalized spacial score (nSPS) is 11.8. The topological polar surface area (TPSA) is 72.2 Å². The van der Waals surface area contributed by atoms with Gasteiger partial charge >= 0.3 is 0 Å². The van der Waals surface area contributed by atoms with Crippen LogP contribution in [0.25, 0.3) is 0 Å². The molecule has 0 saturated heterocycles. The zero-order chi connectivity index (χ0) is 17.9. The molecule has 3 N–H and O–H groups in total. The molecule has 0 fully saturated rings. The number of hydrogen-bond donors (Lipinski definition) is 2. The Morgan fingerprint density at radius 3 is 2.12 bits per heavy atom. The monoisotopic (exact) mass is 340 g/mol. The van der Waals surface area contributed by atoms with E-state index < -0.39 is 46.7 Å². The van der Waals surface area contributed by atoms with E-state index in [1.54, 1.807) is 0 Å². The number of rotatable bonds is 5. The summed E-state index contributed by atoms with van der Waals surface area (Å²) in [5, 5.41) is 2.03. The Morgan fingerprint density at radius 2 is 1.58 bits per heavy atom. The summed E-state index contributed by atoms with van der Waals surface area (Å²) in [6, 6.07) is 4.71. The van der Waals surface area contributed by atoms with Crippen LogP contribution in [0.2, 0.25) is 0 Å². The summed E-state index contributed by atoms with van der Waals surface area (Å²) in [4.78, 5) is 23.4. The van der Waals surface area contributed by atoms with Crippen LogP contribution in [0.5, 0.6) is 0 Å². The summed E-state index contributed by atoms with van der Waals surface area (Å²) >= 11 is 0. The molecule has 24 heavy (non-hydrogen) atoms. The maximum absolute atomic E-state index is 13.6. The van der Waals surface area contributed by atoms with Crippen LogP contribution in [0.3, 0.4) is 0 Å². The molecule has 2 aromatic carbocycles. The first-order valence-corrected chi connectivity index (χ1v) is 6.77. The van der Waals surface area contributed by atoms with Crippen LogP contribution in [0.1, 0.15) is 15.9 Å². The molecular formula is C16H12F4N2O2. The second kappa shape index (κ2) is 7.12. The Balaban J connectivity index is 2.24. The van der Waals surface area contributed by atoms with Crippen LogP contribution in [0.15, 0.2) is 36.4 Å². The molecule has 0 saturated carbocycles. The minimum atomic E-state index is -1.43. The Morgan fingerprint density at radius 1 is 1.00 bits per heavy atom. The van der Waals surface area contributed by atoms with Crippen molar-refractivity contribution in [1.29, 1.82) is 0 Å². The number of carbonyl (C=O) groups excluding carboxylic acids is 2. The molecule has 0 aliphatic rings. The van der Waals surface area contributed by atoms with Crippen LogP contribution >= 0.6 is 0 Å². The molecule has 0 radical (unpaired) electrons. The Bertz CT molecular complexity index is 772. The second-order valence-corrected chi connectivity index (χ2v) is 4.97. The lowest BCUT2D eigenvalue weighted by molar-refractivity contribution is -0.119. The molecule has 0 aliphatic carbocycles. The predicted octanol–water partition coefficient (Wildman–Crippen LogP) is 2.07. The first-order valence-electron chi connectivity index (χ1n) is 6.77. The van der Waals surface area contributed by atoms with Gasteiger partial charge in [-0.05, 0) is 11.6 Å².